The van der Waals surface area contributed by atoms with Gasteiger partial charge in [-0.3, -0.25) is 9.59 Å². The topological polar surface area (TPSA) is 102 Å². The number of amides is 3. The summed E-state index contributed by atoms with van der Waals surface area (Å²) in [5.74, 6) is -1.70. The molecule has 0 spiro atoms. The van der Waals surface area contributed by atoms with Crippen LogP contribution in [0.15, 0.2) is 24.3 Å². The number of carbonyl (C=O) groups is 4. The molecule has 0 saturated carbocycles. The Hall–Kier alpha value is -2.55. The number of imide groups is 1. The number of hydrogen-bond acceptors (Lipinski definition) is 7. The van der Waals surface area contributed by atoms with Crippen molar-refractivity contribution < 1.29 is 28.7 Å². The van der Waals surface area contributed by atoms with Crippen molar-refractivity contribution in [3.63, 3.8) is 0 Å². The molecule has 0 fully saturated rings. The minimum Gasteiger partial charge on any atom is -0.467 e. The minimum absolute atomic E-state index is 0.0720. The highest BCUT2D eigenvalue weighted by Gasteiger charge is 2.37. The predicted octanol–water partition coefficient (Wildman–Crippen LogP) is 2.00. The summed E-state index contributed by atoms with van der Waals surface area (Å²) in [5, 5.41) is 2.39. The van der Waals surface area contributed by atoms with Gasteiger partial charge >= 0.3 is 12.1 Å². The molecule has 8 nitrogen and oxygen atoms in total. The quantitative estimate of drug-likeness (QED) is 0.473. The van der Waals surface area contributed by atoms with Crippen LogP contribution in [0.3, 0.4) is 0 Å². The number of ether oxygens (including phenoxy) is 2. The lowest BCUT2D eigenvalue weighted by Gasteiger charge is -2.23. The molecule has 0 unspecified atom stereocenters. The number of alkyl carbamates (subject to hydrolysis) is 1. The summed E-state index contributed by atoms with van der Waals surface area (Å²) in [4.78, 5) is 48.4. The number of nitrogens with zero attached hydrogens (tertiary/aromatic N) is 1. The summed E-state index contributed by atoms with van der Waals surface area (Å²) >= 11 is 0.832. The van der Waals surface area contributed by atoms with Gasteiger partial charge in [-0.15, -0.1) is 0 Å². The van der Waals surface area contributed by atoms with Gasteiger partial charge in [0.1, 0.15) is 11.6 Å². The first-order valence-electron chi connectivity index (χ1n) is 7.82. The molecule has 0 aliphatic carbocycles. The number of fused-ring (bicyclic) bond motifs is 1. The number of rotatable bonds is 5. The van der Waals surface area contributed by atoms with E-state index in [1.54, 1.807) is 45.0 Å². The number of methoxy groups -OCH3 is 1. The third kappa shape index (κ3) is 4.54. The van der Waals surface area contributed by atoms with E-state index in [1.165, 1.54) is 7.11 Å². The summed E-state index contributed by atoms with van der Waals surface area (Å²) in [6.45, 7) is 5.06. The highest BCUT2D eigenvalue weighted by molar-refractivity contribution is 7.98. The number of carbonyl (C=O) groups excluding carboxylic acids is 4. The molecule has 1 aliphatic rings. The zero-order valence-corrected chi connectivity index (χ0v) is 15.7. The van der Waals surface area contributed by atoms with Crippen LogP contribution >= 0.6 is 11.9 Å². The second kappa shape index (κ2) is 7.77. The van der Waals surface area contributed by atoms with Crippen LogP contribution in [0.4, 0.5) is 4.79 Å². The average Bonchev–Trinajstić information content (AvgIpc) is 2.81. The molecule has 1 heterocycles. The van der Waals surface area contributed by atoms with E-state index in [4.69, 9.17) is 4.74 Å². The van der Waals surface area contributed by atoms with Crippen LogP contribution in [0.1, 0.15) is 41.5 Å². The summed E-state index contributed by atoms with van der Waals surface area (Å²) in [6.07, 6.45) is -0.795. The van der Waals surface area contributed by atoms with Crippen LogP contribution in [-0.2, 0) is 14.3 Å². The van der Waals surface area contributed by atoms with Crippen molar-refractivity contribution >= 4 is 35.8 Å². The maximum Gasteiger partial charge on any atom is 0.408 e. The minimum atomic E-state index is -1.08. The Labute approximate surface area is 155 Å². The maximum atomic E-state index is 12.3. The fourth-order valence-corrected chi connectivity index (χ4v) is 3.14. The van der Waals surface area contributed by atoms with E-state index in [0.717, 1.165) is 16.3 Å². The fourth-order valence-electron chi connectivity index (χ4n) is 2.19. The summed E-state index contributed by atoms with van der Waals surface area (Å²) < 4.78 is 10.7. The molecule has 0 aromatic heterocycles. The van der Waals surface area contributed by atoms with Crippen molar-refractivity contribution in [1.82, 2.24) is 9.62 Å². The van der Waals surface area contributed by atoms with Gasteiger partial charge in [0.25, 0.3) is 11.8 Å². The smallest absolute Gasteiger partial charge is 0.408 e. The van der Waals surface area contributed by atoms with E-state index in [0.29, 0.717) is 11.1 Å². The lowest BCUT2D eigenvalue weighted by Crippen LogP contribution is -2.46. The lowest BCUT2D eigenvalue weighted by molar-refractivity contribution is -0.142. The first-order chi connectivity index (χ1) is 12.1. The zero-order valence-electron chi connectivity index (χ0n) is 14.9. The molecule has 1 atom stereocenters. The predicted molar refractivity (Wildman–Crippen MR) is 94.6 cm³/mol. The first-order valence-corrected chi connectivity index (χ1v) is 8.76. The maximum absolute atomic E-state index is 12.3. The van der Waals surface area contributed by atoms with E-state index >= 15 is 0 Å². The summed E-state index contributed by atoms with van der Waals surface area (Å²) in [7, 11) is 1.18. The van der Waals surface area contributed by atoms with Crippen molar-refractivity contribution in [2.45, 2.75) is 32.4 Å². The van der Waals surface area contributed by atoms with Crippen LogP contribution < -0.4 is 5.32 Å². The summed E-state index contributed by atoms with van der Waals surface area (Å²) in [5.41, 5.74) is -0.125. The number of esters is 1. The van der Waals surface area contributed by atoms with Crippen LogP contribution in [-0.4, -0.2) is 52.7 Å². The average molecular weight is 380 g/mol. The van der Waals surface area contributed by atoms with Crippen LogP contribution in [0.2, 0.25) is 0 Å². The molecule has 0 saturated heterocycles. The molecule has 2 rings (SSSR count). The van der Waals surface area contributed by atoms with Gasteiger partial charge in [0.05, 0.1) is 18.2 Å². The molecule has 1 aromatic carbocycles. The van der Waals surface area contributed by atoms with Gasteiger partial charge in [0.2, 0.25) is 0 Å². The molecule has 0 radical (unpaired) electrons. The SMILES string of the molecule is COC(=O)[C@H](CSN1C(=O)c2ccccc2C1=O)NC(=O)OC(C)(C)C. The van der Waals surface area contributed by atoms with Crippen molar-refractivity contribution in [3.05, 3.63) is 35.4 Å². The second-order valence-corrected chi connectivity index (χ2v) is 7.42. The van der Waals surface area contributed by atoms with Gasteiger partial charge in [-0.2, -0.15) is 0 Å². The molecule has 3 amide bonds. The highest BCUT2D eigenvalue weighted by Crippen LogP contribution is 2.28. The van der Waals surface area contributed by atoms with E-state index in [2.05, 4.69) is 10.1 Å². The molecule has 1 N–H and O–H groups in total. The number of hydrogen-bond donors (Lipinski definition) is 1. The Kier molecular flexibility index (Phi) is 5.91. The summed E-state index contributed by atoms with van der Waals surface area (Å²) in [6, 6.07) is 5.38. The normalized spacial score (nSPS) is 14.7. The van der Waals surface area contributed by atoms with Gasteiger partial charge in [-0.05, 0) is 44.9 Å². The Morgan fingerprint density at radius 1 is 1.15 bits per heavy atom. The van der Waals surface area contributed by atoms with Crippen LogP contribution in [0.25, 0.3) is 0 Å². The molecular weight excluding hydrogens is 360 g/mol. The Morgan fingerprint density at radius 2 is 1.69 bits per heavy atom. The molecule has 140 valence electrons. The fraction of sp³-hybridized carbons (Fsp3) is 0.412. The van der Waals surface area contributed by atoms with Gasteiger partial charge in [0.15, 0.2) is 0 Å². The Bertz CT molecular complexity index is 708. The van der Waals surface area contributed by atoms with Gasteiger partial charge in [-0.1, -0.05) is 12.1 Å². The third-order valence-corrected chi connectivity index (χ3v) is 4.38. The van der Waals surface area contributed by atoms with Crippen molar-refractivity contribution in [3.8, 4) is 0 Å². The number of benzene rings is 1. The van der Waals surface area contributed by atoms with Crippen LogP contribution in [0.5, 0.6) is 0 Å². The second-order valence-electron chi connectivity index (χ2n) is 6.47. The van der Waals surface area contributed by atoms with Gasteiger partial charge in [-0.25, -0.2) is 13.9 Å². The molecule has 1 aromatic rings. The molecule has 9 heteroatoms. The monoisotopic (exact) mass is 380 g/mol. The molecule has 1 aliphatic heterocycles. The van der Waals surface area contributed by atoms with E-state index < -0.39 is 35.5 Å². The Balaban J connectivity index is 2.04. The van der Waals surface area contributed by atoms with Crippen LogP contribution in [0, 0.1) is 0 Å². The molecular formula is C17H20N2O6S. The zero-order chi connectivity index (χ0) is 19.5. The standard InChI is InChI=1S/C17H20N2O6S/c1-17(2,3)25-16(23)18-12(15(22)24-4)9-26-19-13(20)10-7-5-6-8-11(10)14(19)21/h5-8,12H,9H2,1-4H3,(H,18,23)/t12-/m0/s1. The van der Waals surface area contributed by atoms with Crippen molar-refractivity contribution in [1.29, 1.82) is 0 Å². The largest absolute Gasteiger partial charge is 0.467 e. The Morgan fingerprint density at radius 3 is 2.15 bits per heavy atom. The third-order valence-electron chi connectivity index (χ3n) is 3.30. The van der Waals surface area contributed by atoms with Crippen molar-refractivity contribution in [2.24, 2.45) is 0 Å². The first kappa shape index (κ1) is 19.8. The lowest BCUT2D eigenvalue weighted by atomic mass is 10.1. The van der Waals surface area contributed by atoms with E-state index in [1.807, 2.05) is 0 Å². The number of nitrogens with one attached hydrogen (secondary N) is 1. The highest BCUT2D eigenvalue weighted by atomic mass is 32.2. The van der Waals surface area contributed by atoms with E-state index in [9.17, 15) is 19.2 Å². The molecule has 26 heavy (non-hydrogen) atoms. The molecule has 0 bridgehead atoms. The van der Waals surface area contributed by atoms with Gasteiger partial charge < -0.3 is 14.8 Å². The van der Waals surface area contributed by atoms with Crippen molar-refractivity contribution in [2.75, 3.05) is 12.9 Å². The van der Waals surface area contributed by atoms with Gasteiger partial charge in [0, 0.05) is 5.75 Å². The van der Waals surface area contributed by atoms with E-state index in [-0.39, 0.29) is 5.75 Å².